The number of benzene rings is 2. The zero-order valence-electron chi connectivity index (χ0n) is 16.0. The average molecular weight is 379 g/mol. The SMILES string of the molecule is Cc1cccc(OCCCC(=O)Nc2cccc(OCCn3cccn3)c2)c1. The van der Waals surface area contributed by atoms with Gasteiger partial charge in [-0.25, -0.2) is 0 Å². The lowest BCUT2D eigenvalue weighted by Gasteiger charge is -2.10. The van der Waals surface area contributed by atoms with Gasteiger partial charge in [-0.3, -0.25) is 9.48 Å². The van der Waals surface area contributed by atoms with Crippen molar-refractivity contribution >= 4 is 11.6 Å². The van der Waals surface area contributed by atoms with Gasteiger partial charge in [0, 0.05) is 30.6 Å². The second kappa shape index (κ2) is 10.2. The molecule has 146 valence electrons. The van der Waals surface area contributed by atoms with Crippen LogP contribution in [0.5, 0.6) is 11.5 Å². The summed E-state index contributed by atoms with van der Waals surface area (Å²) in [5.41, 5.74) is 1.88. The lowest BCUT2D eigenvalue weighted by Crippen LogP contribution is -2.13. The Labute approximate surface area is 165 Å². The average Bonchev–Trinajstić information content (AvgIpc) is 3.19. The lowest BCUT2D eigenvalue weighted by atomic mass is 10.2. The molecule has 1 heterocycles. The van der Waals surface area contributed by atoms with E-state index in [0.717, 1.165) is 17.0 Å². The first-order valence-electron chi connectivity index (χ1n) is 9.39. The summed E-state index contributed by atoms with van der Waals surface area (Å²) >= 11 is 0. The van der Waals surface area contributed by atoms with E-state index >= 15 is 0 Å². The number of amides is 1. The molecule has 1 aromatic heterocycles. The number of rotatable bonds is 10. The van der Waals surface area contributed by atoms with E-state index in [1.165, 1.54) is 0 Å². The molecule has 0 aliphatic carbocycles. The predicted octanol–water partition coefficient (Wildman–Crippen LogP) is 4.07. The highest BCUT2D eigenvalue weighted by Crippen LogP contribution is 2.18. The van der Waals surface area contributed by atoms with E-state index < -0.39 is 0 Å². The number of nitrogens with zero attached hydrogens (tertiary/aromatic N) is 2. The molecule has 3 rings (SSSR count). The number of ether oxygens (including phenoxy) is 2. The van der Waals surface area contributed by atoms with Gasteiger partial charge in [0.2, 0.25) is 5.91 Å². The summed E-state index contributed by atoms with van der Waals surface area (Å²) in [6.45, 7) is 3.71. The number of aryl methyl sites for hydroxylation is 1. The Kier molecular flexibility index (Phi) is 7.07. The van der Waals surface area contributed by atoms with Crippen molar-refractivity contribution in [2.45, 2.75) is 26.3 Å². The Morgan fingerprint density at radius 1 is 1.04 bits per heavy atom. The van der Waals surface area contributed by atoms with Gasteiger partial charge in [-0.2, -0.15) is 5.10 Å². The third-order valence-corrected chi connectivity index (χ3v) is 4.07. The Morgan fingerprint density at radius 3 is 2.61 bits per heavy atom. The van der Waals surface area contributed by atoms with E-state index in [2.05, 4.69) is 10.4 Å². The number of hydrogen-bond acceptors (Lipinski definition) is 4. The maximum atomic E-state index is 12.1. The molecule has 0 saturated heterocycles. The largest absolute Gasteiger partial charge is 0.494 e. The monoisotopic (exact) mass is 379 g/mol. The van der Waals surface area contributed by atoms with Gasteiger partial charge in [-0.05, 0) is 49.2 Å². The molecule has 6 heteroatoms. The van der Waals surface area contributed by atoms with Crippen molar-refractivity contribution < 1.29 is 14.3 Å². The van der Waals surface area contributed by atoms with E-state index in [-0.39, 0.29) is 5.91 Å². The van der Waals surface area contributed by atoms with Crippen LogP contribution in [0.3, 0.4) is 0 Å². The molecule has 0 aliphatic heterocycles. The predicted molar refractivity (Wildman–Crippen MR) is 109 cm³/mol. The Hall–Kier alpha value is -3.28. The Morgan fingerprint density at radius 2 is 1.82 bits per heavy atom. The minimum atomic E-state index is -0.0402. The maximum Gasteiger partial charge on any atom is 0.224 e. The summed E-state index contributed by atoms with van der Waals surface area (Å²) in [5, 5.41) is 7.03. The second-order valence-electron chi connectivity index (χ2n) is 6.46. The van der Waals surface area contributed by atoms with Crippen LogP contribution in [-0.2, 0) is 11.3 Å². The van der Waals surface area contributed by atoms with Crippen molar-refractivity contribution in [2.75, 3.05) is 18.5 Å². The van der Waals surface area contributed by atoms with Gasteiger partial charge in [0.1, 0.15) is 18.1 Å². The van der Waals surface area contributed by atoms with Crippen LogP contribution >= 0.6 is 0 Å². The molecule has 0 radical (unpaired) electrons. The highest BCUT2D eigenvalue weighted by atomic mass is 16.5. The quantitative estimate of drug-likeness (QED) is 0.539. The fourth-order valence-corrected chi connectivity index (χ4v) is 2.70. The molecule has 28 heavy (non-hydrogen) atoms. The maximum absolute atomic E-state index is 12.1. The van der Waals surface area contributed by atoms with E-state index in [9.17, 15) is 4.79 Å². The van der Waals surface area contributed by atoms with Crippen molar-refractivity contribution in [1.82, 2.24) is 9.78 Å². The summed E-state index contributed by atoms with van der Waals surface area (Å²) in [6, 6.07) is 17.2. The lowest BCUT2D eigenvalue weighted by molar-refractivity contribution is -0.116. The summed E-state index contributed by atoms with van der Waals surface area (Å²) in [6.07, 6.45) is 4.68. The molecule has 0 bridgehead atoms. The zero-order valence-corrected chi connectivity index (χ0v) is 16.0. The van der Waals surface area contributed by atoms with Crippen LogP contribution in [0.1, 0.15) is 18.4 Å². The van der Waals surface area contributed by atoms with Crippen molar-refractivity contribution in [3.63, 3.8) is 0 Å². The first-order valence-corrected chi connectivity index (χ1v) is 9.39. The van der Waals surface area contributed by atoms with Crippen LogP contribution in [0.25, 0.3) is 0 Å². The van der Waals surface area contributed by atoms with Gasteiger partial charge >= 0.3 is 0 Å². The molecule has 0 atom stereocenters. The van der Waals surface area contributed by atoms with Gasteiger partial charge < -0.3 is 14.8 Å². The van der Waals surface area contributed by atoms with Gasteiger partial charge in [-0.1, -0.05) is 18.2 Å². The number of carbonyl (C=O) groups excluding carboxylic acids is 1. The van der Waals surface area contributed by atoms with E-state index in [4.69, 9.17) is 9.47 Å². The Balaban J connectivity index is 1.37. The fraction of sp³-hybridized carbons (Fsp3) is 0.273. The Bertz CT molecular complexity index is 878. The van der Waals surface area contributed by atoms with Crippen LogP contribution in [0.2, 0.25) is 0 Å². The molecule has 1 amide bonds. The smallest absolute Gasteiger partial charge is 0.224 e. The second-order valence-corrected chi connectivity index (χ2v) is 6.46. The van der Waals surface area contributed by atoms with Crippen molar-refractivity contribution in [3.8, 4) is 11.5 Å². The number of nitrogens with one attached hydrogen (secondary N) is 1. The van der Waals surface area contributed by atoms with Crippen LogP contribution in [0.4, 0.5) is 5.69 Å². The molecular weight excluding hydrogens is 354 g/mol. The van der Waals surface area contributed by atoms with E-state index in [0.29, 0.717) is 38.3 Å². The number of aromatic nitrogens is 2. The molecule has 0 unspecified atom stereocenters. The summed E-state index contributed by atoms with van der Waals surface area (Å²) in [5.74, 6) is 1.51. The molecule has 0 aliphatic rings. The van der Waals surface area contributed by atoms with E-state index in [1.807, 2.05) is 72.4 Å². The van der Waals surface area contributed by atoms with Crippen LogP contribution < -0.4 is 14.8 Å². The minimum Gasteiger partial charge on any atom is -0.494 e. The van der Waals surface area contributed by atoms with Crippen LogP contribution in [-0.4, -0.2) is 28.9 Å². The minimum absolute atomic E-state index is 0.0402. The molecule has 6 nitrogen and oxygen atoms in total. The topological polar surface area (TPSA) is 65.4 Å². The first kappa shape index (κ1) is 19.5. The molecule has 2 aromatic carbocycles. The first-order chi connectivity index (χ1) is 13.7. The zero-order chi connectivity index (χ0) is 19.6. The third kappa shape index (κ3) is 6.46. The summed E-state index contributed by atoms with van der Waals surface area (Å²) < 4.78 is 13.2. The molecule has 0 fully saturated rings. The summed E-state index contributed by atoms with van der Waals surface area (Å²) in [4.78, 5) is 12.1. The molecule has 0 spiro atoms. The van der Waals surface area contributed by atoms with Crippen molar-refractivity contribution in [2.24, 2.45) is 0 Å². The molecule has 1 N–H and O–H groups in total. The van der Waals surface area contributed by atoms with Gasteiger partial charge in [0.25, 0.3) is 0 Å². The number of carbonyl (C=O) groups is 1. The van der Waals surface area contributed by atoms with Crippen LogP contribution in [0, 0.1) is 6.92 Å². The number of hydrogen-bond donors (Lipinski definition) is 1. The van der Waals surface area contributed by atoms with Gasteiger partial charge in [-0.15, -0.1) is 0 Å². The highest BCUT2D eigenvalue weighted by Gasteiger charge is 2.04. The fourth-order valence-electron chi connectivity index (χ4n) is 2.70. The van der Waals surface area contributed by atoms with Crippen molar-refractivity contribution in [1.29, 1.82) is 0 Å². The van der Waals surface area contributed by atoms with Crippen LogP contribution in [0.15, 0.2) is 67.0 Å². The highest BCUT2D eigenvalue weighted by molar-refractivity contribution is 5.90. The molecule has 3 aromatic rings. The van der Waals surface area contributed by atoms with E-state index in [1.54, 1.807) is 6.20 Å². The summed E-state index contributed by atoms with van der Waals surface area (Å²) in [7, 11) is 0. The van der Waals surface area contributed by atoms with Gasteiger partial charge in [0.05, 0.1) is 13.2 Å². The number of anilines is 1. The molecular formula is C22H25N3O3. The van der Waals surface area contributed by atoms with Gasteiger partial charge in [0.15, 0.2) is 0 Å². The normalized spacial score (nSPS) is 10.5. The standard InChI is InChI=1S/C22H25N3O3/c1-18-6-2-8-20(16-18)27-14-4-10-22(26)24-19-7-3-9-21(17-19)28-15-13-25-12-5-11-23-25/h2-3,5-9,11-12,16-17H,4,10,13-15H2,1H3,(H,24,26). The third-order valence-electron chi connectivity index (χ3n) is 4.07. The van der Waals surface area contributed by atoms with Crippen molar-refractivity contribution in [3.05, 3.63) is 72.6 Å². The molecule has 0 saturated carbocycles.